The van der Waals surface area contributed by atoms with Gasteiger partial charge in [-0.05, 0) is 31.0 Å². The minimum Gasteiger partial charge on any atom is -0.352 e. The molecule has 2 aliphatic rings. The highest BCUT2D eigenvalue weighted by Crippen LogP contribution is 2.38. The van der Waals surface area contributed by atoms with Crippen molar-refractivity contribution < 1.29 is 27.2 Å². The maximum absolute atomic E-state index is 13.4. The van der Waals surface area contributed by atoms with Gasteiger partial charge >= 0.3 is 6.18 Å². The summed E-state index contributed by atoms with van der Waals surface area (Å²) in [5.41, 5.74) is 2.39. The van der Waals surface area contributed by atoms with Gasteiger partial charge in [0, 0.05) is 48.2 Å². The molecule has 4 heterocycles. The molecule has 1 aliphatic heterocycles. The molecule has 1 aliphatic carbocycles. The number of hydrogen-bond acceptors (Lipinski definition) is 5. The van der Waals surface area contributed by atoms with Crippen LogP contribution in [0.15, 0.2) is 61.3 Å². The lowest BCUT2D eigenvalue weighted by Crippen LogP contribution is -2.51. The highest BCUT2D eigenvalue weighted by atomic mass is 19.4. The molecule has 40 heavy (non-hydrogen) atoms. The average Bonchev–Trinajstić information content (AvgIpc) is 3.43. The van der Waals surface area contributed by atoms with E-state index in [2.05, 4.69) is 22.0 Å². The van der Waals surface area contributed by atoms with E-state index >= 15 is 0 Å². The van der Waals surface area contributed by atoms with Crippen molar-refractivity contribution in [3.05, 3.63) is 66.9 Å². The Kier molecular flexibility index (Phi) is 6.15. The van der Waals surface area contributed by atoms with Crippen molar-refractivity contribution in [1.82, 2.24) is 34.8 Å². The van der Waals surface area contributed by atoms with Crippen molar-refractivity contribution in [3.63, 3.8) is 0 Å². The SMILES string of the molecule is C=C(F)C(=O)N1CC(n2nc(-c3ccc(C(F)(F)F)cc3)c3nccc(-c4cnn(CC(=O)NC5CC5)c4)c32)C1. The number of fused-ring (bicyclic) bond motifs is 1. The van der Waals surface area contributed by atoms with Crippen LogP contribution in [-0.2, 0) is 22.3 Å². The average molecular weight is 554 g/mol. The first-order chi connectivity index (χ1) is 19.1. The Morgan fingerprint density at radius 3 is 2.45 bits per heavy atom. The second-order valence-corrected chi connectivity index (χ2v) is 9.96. The first-order valence-electron chi connectivity index (χ1n) is 12.6. The lowest BCUT2D eigenvalue weighted by Gasteiger charge is -2.39. The number of carbonyl (C=O) groups excluding carboxylic acids is 2. The fraction of sp³-hybridized carbons (Fsp3) is 0.296. The third-order valence-corrected chi connectivity index (χ3v) is 6.99. The smallest absolute Gasteiger partial charge is 0.352 e. The highest BCUT2D eigenvalue weighted by Gasteiger charge is 2.36. The lowest BCUT2D eigenvalue weighted by molar-refractivity contribution is -0.137. The van der Waals surface area contributed by atoms with Crippen LogP contribution < -0.4 is 5.32 Å². The number of rotatable bonds is 7. The Morgan fingerprint density at radius 1 is 1.07 bits per heavy atom. The predicted octanol–water partition coefficient (Wildman–Crippen LogP) is 4.13. The highest BCUT2D eigenvalue weighted by molar-refractivity contribution is 5.99. The Morgan fingerprint density at radius 2 is 1.80 bits per heavy atom. The Hall–Kier alpha value is -4.55. The third kappa shape index (κ3) is 4.82. The number of hydrogen-bond donors (Lipinski definition) is 1. The molecule has 9 nitrogen and oxygen atoms in total. The van der Waals surface area contributed by atoms with E-state index in [9.17, 15) is 27.2 Å². The predicted molar refractivity (Wildman–Crippen MR) is 136 cm³/mol. The fourth-order valence-electron chi connectivity index (χ4n) is 4.76. The summed E-state index contributed by atoms with van der Waals surface area (Å²) < 4.78 is 56.1. The molecule has 1 aromatic carbocycles. The largest absolute Gasteiger partial charge is 0.416 e. The van der Waals surface area contributed by atoms with Gasteiger partial charge in [0.1, 0.15) is 17.8 Å². The van der Waals surface area contributed by atoms with Crippen molar-refractivity contribution in [1.29, 1.82) is 0 Å². The van der Waals surface area contributed by atoms with Crippen LogP contribution in [0.4, 0.5) is 17.6 Å². The molecule has 0 unspecified atom stereocenters. The van der Waals surface area contributed by atoms with E-state index in [4.69, 9.17) is 5.10 Å². The first-order valence-corrected chi connectivity index (χ1v) is 12.6. The number of halogens is 4. The van der Waals surface area contributed by atoms with E-state index in [0.717, 1.165) is 25.0 Å². The van der Waals surface area contributed by atoms with Crippen molar-refractivity contribution in [3.8, 4) is 22.4 Å². The van der Waals surface area contributed by atoms with Crippen molar-refractivity contribution >= 4 is 22.8 Å². The number of alkyl halides is 3. The summed E-state index contributed by atoms with van der Waals surface area (Å²) in [4.78, 5) is 30.1. The summed E-state index contributed by atoms with van der Waals surface area (Å²) in [7, 11) is 0. The van der Waals surface area contributed by atoms with E-state index in [1.54, 1.807) is 29.3 Å². The van der Waals surface area contributed by atoms with Gasteiger partial charge in [0.25, 0.3) is 5.91 Å². The number of nitrogens with one attached hydrogen (secondary N) is 1. The maximum atomic E-state index is 13.4. The summed E-state index contributed by atoms with van der Waals surface area (Å²) in [6, 6.07) is 6.29. The number of carbonyl (C=O) groups is 2. The number of likely N-dealkylation sites (tertiary alicyclic amines) is 1. The molecular weight excluding hydrogens is 530 g/mol. The van der Waals surface area contributed by atoms with E-state index < -0.39 is 23.5 Å². The summed E-state index contributed by atoms with van der Waals surface area (Å²) in [5.74, 6) is -2.00. The van der Waals surface area contributed by atoms with Crippen molar-refractivity contribution in [2.45, 2.75) is 37.6 Å². The van der Waals surface area contributed by atoms with Crippen LogP contribution in [0.5, 0.6) is 0 Å². The molecule has 0 spiro atoms. The fourth-order valence-corrected chi connectivity index (χ4v) is 4.76. The van der Waals surface area contributed by atoms with E-state index in [1.165, 1.54) is 21.7 Å². The molecule has 2 fully saturated rings. The van der Waals surface area contributed by atoms with Gasteiger partial charge in [0.2, 0.25) is 5.91 Å². The summed E-state index contributed by atoms with van der Waals surface area (Å²) in [6.45, 7) is 3.44. The summed E-state index contributed by atoms with van der Waals surface area (Å²) in [5, 5.41) is 12.0. The van der Waals surface area contributed by atoms with Gasteiger partial charge in [-0.1, -0.05) is 18.7 Å². The Bertz CT molecular complexity index is 1630. The van der Waals surface area contributed by atoms with Crippen LogP contribution in [0.1, 0.15) is 24.4 Å². The van der Waals surface area contributed by atoms with Crippen LogP contribution in [0.3, 0.4) is 0 Å². The van der Waals surface area contributed by atoms with Gasteiger partial charge in [0.15, 0.2) is 5.83 Å². The van der Waals surface area contributed by atoms with Gasteiger partial charge in [-0.15, -0.1) is 0 Å². The van der Waals surface area contributed by atoms with Gasteiger partial charge in [-0.3, -0.25) is 23.9 Å². The normalized spacial score (nSPS) is 15.8. The Labute approximate surface area is 225 Å². The van der Waals surface area contributed by atoms with Crippen LogP contribution in [0, 0.1) is 0 Å². The van der Waals surface area contributed by atoms with E-state index in [1.807, 2.05) is 0 Å². The molecule has 2 amide bonds. The van der Waals surface area contributed by atoms with Crippen LogP contribution >= 0.6 is 0 Å². The van der Waals surface area contributed by atoms with Crippen molar-refractivity contribution in [2.75, 3.05) is 13.1 Å². The molecule has 13 heteroatoms. The Balaban J connectivity index is 1.39. The molecule has 1 saturated heterocycles. The van der Waals surface area contributed by atoms with E-state index in [0.29, 0.717) is 33.4 Å². The van der Waals surface area contributed by atoms with Gasteiger partial charge in [0.05, 0.1) is 23.3 Å². The van der Waals surface area contributed by atoms with E-state index in [-0.39, 0.29) is 37.6 Å². The molecular formula is C27H23F4N7O2. The molecule has 1 saturated carbocycles. The minimum absolute atomic E-state index is 0.0492. The lowest BCUT2D eigenvalue weighted by atomic mass is 10.0. The molecule has 0 radical (unpaired) electrons. The monoisotopic (exact) mass is 553 g/mol. The van der Waals surface area contributed by atoms with Gasteiger partial charge < -0.3 is 10.2 Å². The molecule has 0 bridgehead atoms. The molecule has 206 valence electrons. The number of nitrogens with zero attached hydrogens (tertiary/aromatic N) is 6. The van der Waals surface area contributed by atoms with Crippen LogP contribution in [0.25, 0.3) is 33.4 Å². The molecule has 0 atom stereocenters. The maximum Gasteiger partial charge on any atom is 0.416 e. The summed E-state index contributed by atoms with van der Waals surface area (Å²) in [6.07, 6.45) is 2.36. The van der Waals surface area contributed by atoms with Crippen LogP contribution in [0.2, 0.25) is 0 Å². The van der Waals surface area contributed by atoms with Crippen molar-refractivity contribution in [2.24, 2.45) is 0 Å². The number of benzene rings is 1. The zero-order chi connectivity index (χ0) is 28.2. The zero-order valence-electron chi connectivity index (χ0n) is 21.0. The topological polar surface area (TPSA) is 97.9 Å². The van der Waals surface area contributed by atoms with Crippen LogP contribution in [-0.4, -0.2) is 60.4 Å². The molecule has 3 aromatic heterocycles. The van der Waals surface area contributed by atoms with Gasteiger partial charge in [-0.25, -0.2) is 4.39 Å². The number of pyridine rings is 1. The first kappa shape index (κ1) is 25.7. The second kappa shape index (κ2) is 9.57. The molecule has 6 rings (SSSR count). The number of amides is 2. The zero-order valence-corrected chi connectivity index (χ0v) is 21.0. The quantitative estimate of drug-likeness (QED) is 0.274. The summed E-state index contributed by atoms with van der Waals surface area (Å²) >= 11 is 0. The number of aromatic nitrogens is 5. The minimum atomic E-state index is -4.48. The molecule has 1 N–H and O–H groups in total. The van der Waals surface area contributed by atoms with Gasteiger partial charge in [-0.2, -0.15) is 23.4 Å². The second-order valence-electron chi connectivity index (χ2n) is 9.96. The standard InChI is InChI=1S/C27H23F4N7O2/c1-15(28)26(40)36-12-20(13-36)38-25-21(17-10-33-37(11-17)14-22(39)34-19-6-7-19)8-9-32-24(25)23(35-38)16-2-4-18(5-3-16)27(29,30)31/h2-5,8-11,19-20H,1,6-7,12-14H2,(H,34,39). The third-order valence-electron chi connectivity index (χ3n) is 6.99. The molecule has 4 aromatic rings.